The minimum Gasteiger partial charge on any atom is -0.353 e. The van der Waals surface area contributed by atoms with Crippen molar-refractivity contribution in [1.29, 1.82) is 0 Å². The summed E-state index contributed by atoms with van der Waals surface area (Å²) in [6.45, 7) is 8.17. The second-order valence-electron chi connectivity index (χ2n) is 9.95. The van der Waals surface area contributed by atoms with Crippen LogP contribution >= 0.6 is 0 Å². The minimum atomic E-state index is 0.158. The van der Waals surface area contributed by atoms with Crippen molar-refractivity contribution >= 4 is 11.8 Å². The van der Waals surface area contributed by atoms with Gasteiger partial charge < -0.3 is 10.2 Å². The van der Waals surface area contributed by atoms with Crippen LogP contribution < -0.4 is 5.32 Å². The van der Waals surface area contributed by atoms with Crippen molar-refractivity contribution in [2.45, 2.75) is 90.0 Å². The first-order valence-corrected chi connectivity index (χ1v) is 11.5. The van der Waals surface area contributed by atoms with Crippen molar-refractivity contribution in [3.05, 3.63) is 35.4 Å². The third-order valence-corrected chi connectivity index (χ3v) is 6.62. The fraction of sp³-hybridized carbons (Fsp3) is 0.680. The monoisotopic (exact) mass is 398 g/mol. The van der Waals surface area contributed by atoms with Crippen molar-refractivity contribution in [1.82, 2.24) is 10.2 Å². The van der Waals surface area contributed by atoms with Crippen LogP contribution in [0.5, 0.6) is 0 Å². The molecule has 0 atom stereocenters. The van der Waals surface area contributed by atoms with Gasteiger partial charge in [-0.05, 0) is 48.6 Å². The number of hydrogen-bond donors (Lipinski definition) is 1. The first-order chi connectivity index (χ1) is 13.8. The first kappa shape index (κ1) is 21.9. The molecule has 2 aliphatic rings. The van der Waals surface area contributed by atoms with Gasteiger partial charge in [0, 0.05) is 31.5 Å². The zero-order valence-electron chi connectivity index (χ0n) is 18.5. The van der Waals surface area contributed by atoms with Crippen LogP contribution in [0.1, 0.15) is 83.3 Å². The number of benzene rings is 1. The van der Waals surface area contributed by atoms with E-state index in [9.17, 15) is 9.59 Å². The zero-order valence-corrected chi connectivity index (χ0v) is 18.5. The Labute approximate surface area is 176 Å². The van der Waals surface area contributed by atoms with Gasteiger partial charge in [0.2, 0.25) is 11.8 Å². The molecule has 2 fully saturated rings. The topological polar surface area (TPSA) is 49.4 Å². The van der Waals surface area contributed by atoms with Crippen LogP contribution in [0, 0.1) is 5.92 Å². The zero-order chi connectivity index (χ0) is 20.9. The highest BCUT2D eigenvalue weighted by Crippen LogP contribution is 2.25. The second kappa shape index (κ2) is 9.77. The summed E-state index contributed by atoms with van der Waals surface area (Å²) < 4.78 is 0. The van der Waals surface area contributed by atoms with Crippen molar-refractivity contribution in [2.75, 3.05) is 13.1 Å². The number of likely N-dealkylation sites (tertiary alicyclic amines) is 1. The van der Waals surface area contributed by atoms with Crippen LogP contribution in [0.25, 0.3) is 0 Å². The van der Waals surface area contributed by atoms with Crippen molar-refractivity contribution < 1.29 is 9.59 Å². The summed E-state index contributed by atoms with van der Waals surface area (Å²) in [5.74, 6) is 0.697. The van der Waals surface area contributed by atoms with E-state index in [4.69, 9.17) is 0 Å². The lowest BCUT2D eigenvalue weighted by atomic mass is 9.86. The lowest BCUT2D eigenvalue weighted by Crippen LogP contribution is -2.48. The Balaban J connectivity index is 1.39. The Bertz CT molecular complexity index is 676. The molecule has 2 amide bonds. The number of rotatable bonds is 5. The highest BCUT2D eigenvalue weighted by molar-refractivity contribution is 5.79. The molecule has 1 aromatic rings. The molecule has 3 rings (SSSR count). The number of nitrogens with one attached hydrogen (secondary N) is 1. The molecule has 1 aliphatic carbocycles. The third-order valence-electron chi connectivity index (χ3n) is 6.62. The van der Waals surface area contributed by atoms with Crippen molar-refractivity contribution in [2.24, 2.45) is 5.92 Å². The molecule has 1 saturated carbocycles. The lowest BCUT2D eigenvalue weighted by molar-refractivity contribution is -0.132. The average Bonchev–Trinajstić information content (AvgIpc) is 2.73. The van der Waals surface area contributed by atoms with E-state index in [0.717, 1.165) is 45.2 Å². The summed E-state index contributed by atoms with van der Waals surface area (Å²) in [7, 11) is 0. The fourth-order valence-electron chi connectivity index (χ4n) is 4.54. The molecule has 0 radical (unpaired) electrons. The SMILES string of the molecule is CC(C)(C)c1ccc(CCC(=O)N2CCC(NC(=O)C3CCCCC3)CC2)cc1. The number of nitrogens with zero attached hydrogens (tertiary/aromatic N) is 1. The summed E-state index contributed by atoms with van der Waals surface area (Å²) >= 11 is 0. The van der Waals surface area contributed by atoms with E-state index in [-0.39, 0.29) is 29.2 Å². The Kier molecular flexibility index (Phi) is 7.37. The minimum absolute atomic E-state index is 0.158. The van der Waals surface area contributed by atoms with Crippen molar-refractivity contribution in [3.63, 3.8) is 0 Å². The Hall–Kier alpha value is -1.84. The van der Waals surface area contributed by atoms with E-state index in [2.05, 4.69) is 50.4 Å². The lowest BCUT2D eigenvalue weighted by Gasteiger charge is -2.33. The van der Waals surface area contributed by atoms with Crippen LogP contribution in [0.3, 0.4) is 0 Å². The highest BCUT2D eigenvalue weighted by atomic mass is 16.2. The summed E-state index contributed by atoms with van der Waals surface area (Å²) in [6.07, 6.45) is 8.84. The molecule has 1 saturated heterocycles. The Morgan fingerprint density at radius 1 is 0.966 bits per heavy atom. The number of amides is 2. The molecule has 160 valence electrons. The van der Waals surface area contributed by atoms with Gasteiger partial charge in [-0.3, -0.25) is 9.59 Å². The van der Waals surface area contributed by atoms with Gasteiger partial charge in [-0.1, -0.05) is 64.3 Å². The van der Waals surface area contributed by atoms with E-state index in [0.29, 0.717) is 6.42 Å². The van der Waals surface area contributed by atoms with E-state index in [1.165, 1.54) is 30.4 Å². The van der Waals surface area contributed by atoms with E-state index in [1.807, 2.05) is 4.90 Å². The quantitative estimate of drug-likeness (QED) is 0.788. The van der Waals surface area contributed by atoms with Gasteiger partial charge >= 0.3 is 0 Å². The standard InChI is InChI=1S/C25H38N2O2/c1-25(2,3)21-12-9-19(10-13-21)11-14-23(28)27-17-15-22(16-18-27)26-24(29)20-7-5-4-6-8-20/h9-10,12-13,20,22H,4-8,11,14-18H2,1-3H3,(H,26,29). The molecule has 4 heteroatoms. The summed E-state index contributed by atoms with van der Waals surface area (Å²) in [5, 5.41) is 3.25. The highest BCUT2D eigenvalue weighted by Gasteiger charge is 2.27. The molecule has 0 spiro atoms. The summed E-state index contributed by atoms with van der Waals surface area (Å²) in [5.41, 5.74) is 2.70. The number of hydrogen-bond acceptors (Lipinski definition) is 2. The fourth-order valence-corrected chi connectivity index (χ4v) is 4.54. The molecule has 1 aromatic carbocycles. The normalized spacial score (nSPS) is 19.2. The van der Waals surface area contributed by atoms with Crippen LogP contribution in [0.15, 0.2) is 24.3 Å². The van der Waals surface area contributed by atoms with E-state index < -0.39 is 0 Å². The van der Waals surface area contributed by atoms with Crippen LogP contribution in [0.4, 0.5) is 0 Å². The molecule has 29 heavy (non-hydrogen) atoms. The van der Waals surface area contributed by atoms with Gasteiger partial charge in [0.15, 0.2) is 0 Å². The maximum Gasteiger partial charge on any atom is 0.223 e. The van der Waals surface area contributed by atoms with E-state index >= 15 is 0 Å². The Morgan fingerprint density at radius 3 is 2.17 bits per heavy atom. The van der Waals surface area contributed by atoms with E-state index in [1.54, 1.807) is 0 Å². The number of carbonyl (C=O) groups is 2. The molecule has 0 aromatic heterocycles. The summed E-state index contributed by atoms with van der Waals surface area (Å²) in [6, 6.07) is 8.90. The molecule has 4 nitrogen and oxygen atoms in total. The predicted octanol–water partition coefficient (Wildman–Crippen LogP) is 4.60. The number of carbonyl (C=O) groups excluding carboxylic acids is 2. The maximum atomic E-state index is 12.6. The largest absolute Gasteiger partial charge is 0.353 e. The van der Waals surface area contributed by atoms with Gasteiger partial charge in [0.25, 0.3) is 0 Å². The number of piperidine rings is 1. The van der Waals surface area contributed by atoms with Crippen LogP contribution in [-0.2, 0) is 21.4 Å². The van der Waals surface area contributed by atoms with Crippen LogP contribution in [0.2, 0.25) is 0 Å². The molecular weight excluding hydrogens is 360 g/mol. The smallest absolute Gasteiger partial charge is 0.223 e. The summed E-state index contributed by atoms with van der Waals surface area (Å²) in [4.78, 5) is 27.0. The van der Waals surface area contributed by atoms with Gasteiger partial charge in [-0.25, -0.2) is 0 Å². The van der Waals surface area contributed by atoms with Crippen LogP contribution in [-0.4, -0.2) is 35.8 Å². The first-order valence-electron chi connectivity index (χ1n) is 11.5. The Morgan fingerprint density at radius 2 is 1.59 bits per heavy atom. The molecule has 1 aliphatic heterocycles. The number of aryl methyl sites for hydroxylation is 1. The molecule has 1 heterocycles. The third kappa shape index (κ3) is 6.32. The van der Waals surface area contributed by atoms with Gasteiger partial charge in [0.1, 0.15) is 0 Å². The second-order valence-corrected chi connectivity index (χ2v) is 9.95. The molecular formula is C25H38N2O2. The maximum absolute atomic E-state index is 12.6. The molecule has 0 unspecified atom stereocenters. The van der Waals surface area contributed by atoms with Gasteiger partial charge in [-0.15, -0.1) is 0 Å². The predicted molar refractivity (Wildman–Crippen MR) is 118 cm³/mol. The molecule has 1 N–H and O–H groups in total. The molecule has 0 bridgehead atoms. The average molecular weight is 399 g/mol. The van der Waals surface area contributed by atoms with Gasteiger partial charge in [0.05, 0.1) is 0 Å². The van der Waals surface area contributed by atoms with Crippen molar-refractivity contribution in [3.8, 4) is 0 Å². The van der Waals surface area contributed by atoms with Gasteiger partial charge in [-0.2, -0.15) is 0 Å².